The van der Waals surface area contributed by atoms with Gasteiger partial charge in [-0.2, -0.15) is 0 Å². The summed E-state index contributed by atoms with van der Waals surface area (Å²) >= 11 is 0. The molecule has 0 bridgehead atoms. The third-order valence-corrected chi connectivity index (χ3v) is 2.40. The fraction of sp³-hybridized carbons (Fsp3) is 0.556. The Labute approximate surface area is 76.2 Å². The normalized spacial score (nSPS) is 18.5. The highest BCUT2D eigenvalue weighted by atomic mass is 16.4. The van der Waals surface area contributed by atoms with Crippen LogP contribution in [-0.2, 0) is 4.79 Å². The standard InChI is InChI=1S/C9H12N2O2/c1-6(9(12)13)8-10-4-5-11(8)7-2-3-7/h4-7H,2-3H2,1H3,(H,12,13). The van der Waals surface area contributed by atoms with E-state index in [1.54, 1.807) is 13.1 Å². The smallest absolute Gasteiger partial charge is 0.313 e. The van der Waals surface area contributed by atoms with Gasteiger partial charge in [0.1, 0.15) is 11.7 Å². The topological polar surface area (TPSA) is 55.1 Å². The zero-order chi connectivity index (χ0) is 9.42. The summed E-state index contributed by atoms with van der Waals surface area (Å²) in [6.45, 7) is 1.67. The highest BCUT2D eigenvalue weighted by Gasteiger charge is 2.28. The average molecular weight is 180 g/mol. The zero-order valence-corrected chi connectivity index (χ0v) is 7.47. The highest BCUT2D eigenvalue weighted by molar-refractivity contribution is 5.74. The van der Waals surface area contributed by atoms with Gasteiger partial charge in [-0.25, -0.2) is 4.98 Å². The molecule has 1 aromatic heterocycles. The number of nitrogens with zero attached hydrogens (tertiary/aromatic N) is 2. The van der Waals surface area contributed by atoms with Crippen molar-refractivity contribution in [2.75, 3.05) is 0 Å². The van der Waals surface area contributed by atoms with E-state index in [-0.39, 0.29) is 0 Å². The van der Waals surface area contributed by atoms with Gasteiger partial charge >= 0.3 is 5.97 Å². The molecule has 1 aromatic rings. The summed E-state index contributed by atoms with van der Waals surface area (Å²) in [5, 5.41) is 8.83. The van der Waals surface area contributed by atoms with Gasteiger partial charge in [0.15, 0.2) is 0 Å². The van der Waals surface area contributed by atoms with Gasteiger partial charge in [0.05, 0.1) is 0 Å². The monoisotopic (exact) mass is 180 g/mol. The van der Waals surface area contributed by atoms with Crippen LogP contribution in [0, 0.1) is 0 Å². The molecule has 0 aliphatic heterocycles. The van der Waals surface area contributed by atoms with Crippen molar-refractivity contribution in [3.05, 3.63) is 18.2 Å². The number of carboxylic acids is 1. The van der Waals surface area contributed by atoms with Crippen LogP contribution >= 0.6 is 0 Å². The summed E-state index contributed by atoms with van der Waals surface area (Å²) < 4.78 is 1.98. The molecule has 70 valence electrons. The maximum Gasteiger partial charge on any atom is 0.313 e. The Kier molecular flexibility index (Phi) is 1.83. The molecule has 0 spiro atoms. The van der Waals surface area contributed by atoms with Gasteiger partial charge in [-0.3, -0.25) is 4.79 Å². The first-order valence-electron chi connectivity index (χ1n) is 4.45. The third kappa shape index (κ3) is 1.43. The Morgan fingerprint density at radius 2 is 2.46 bits per heavy atom. The third-order valence-electron chi connectivity index (χ3n) is 2.40. The summed E-state index contributed by atoms with van der Waals surface area (Å²) in [6.07, 6.45) is 5.84. The minimum Gasteiger partial charge on any atom is -0.481 e. The van der Waals surface area contributed by atoms with Crippen LogP contribution in [0.2, 0.25) is 0 Å². The van der Waals surface area contributed by atoms with Gasteiger partial charge in [0, 0.05) is 18.4 Å². The molecule has 2 rings (SSSR count). The molecule has 0 saturated heterocycles. The molecule has 13 heavy (non-hydrogen) atoms. The Bertz CT molecular complexity index is 328. The van der Waals surface area contributed by atoms with E-state index in [1.165, 1.54) is 0 Å². The number of carboxylic acid groups (broad SMARTS) is 1. The molecule has 1 heterocycles. The summed E-state index contributed by atoms with van der Waals surface area (Å²) in [4.78, 5) is 14.8. The van der Waals surface area contributed by atoms with E-state index in [0.717, 1.165) is 12.8 Å². The van der Waals surface area contributed by atoms with Crippen LogP contribution in [0.4, 0.5) is 0 Å². The number of hydrogen-bond acceptors (Lipinski definition) is 2. The SMILES string of the molecule is CC(C(=O)O)c1nccn1C1CC1. The van der Waals surface area contributed by atoms with Gasteiger partial charge in [0.25, 0.3) is 0 Å². The largest absolute Gasteiger partial charge is 0.481 e. The van der Waals surface area contributed by atoms with E-state index in [4.69, 9.17) is 5.11 Å². The Morgan fingerprint density at radius 3 is 3.00 bits per heavy atom. The molecule has 4 nitrogen and oxygen atoms in total. The first-order valence-corrected chi connectivity index (χ1v) is 4.45. The number of aromatic nitrogens is 2. The second-order valence-electron chi connectivity index (χ2n) is 3.48. The van der Waals surface area contributed by atoms with E-state index in [2.05, 4.69) is 4.98 Å². The second kappa shape index (κ2) is 2.87. The molecule has 1 aliphatic rings. The van der Waals surface area contributed by atoms with Crippen LogP contribution in [0.15, 0.2) is 12.4 Å². The van der Waals surface area contributed by atoms with Crippen LogP contribution < -0.4 is 0 Å². The van der Waals surface area contributed by atoms with Crippen molar-refractivity contribution < 1.29 is 9.90 Å². The molecule has 0 radical (unpaired) electrons. The number of rotatable bonds is 3. The Morgan fingerprint density at radius 1 is 1.77 bits per heavy atom. The number of carbonyl (C=O) groups is 1. The van der Waals surface area contributed by atoms with Crippen molar-refractivity contribution in [1.82, 2.24) is 9.55 Å². The molecule has 0 aromatic carbocycles. The zero-order valence-electron chi connectivity index (χ0n) is 7.47. The van der Waals surface area contributed by atoms with Crippen molar-refractivity contribution in [3.63, 3.8) is 0 Å². The lowest BCUT2D eigenvalue weighted by molar-refractivity contribution is -0.138. The number of imidazole rings is 1. The first kappa shape index (κ1) is 8.29. The Hall–Kier alpha value is -1.32. The molecule has 4 heteroatoms. The molecule has 1 fully saturated rings. The average Bonchev–Trinajstić information content (AvgIpc) is 2.83. The fourth-order valence-corrected chi connectivity index (χ4v) is 1.43. The van der Waals surface area contributed by atoms with Crippen molar-refractivity contribution in [1.29, 1.82) is 0 Å². The summed E-state index contributed by atoms with van der Waals surface area (Å²) in [5.41, 5.74) is 0. The molecular weight excluding hydrogens is 168 g/mol. The molecule has 0 amide bonds. The fourth-order valence-electron chi connectivity index (χ4n) is 1.43. The van der Waals surface area contributed by atoms with Gasteiger partial charge in [-0.1, -0.05) is 0 Å². The van der Waals surface area contributed by atoms with Gasteiger partial charge in [-0.15, -0.1) is 0 Å². The van der Waals surface area contributed by atoms with Crippen LogP contribution in [-0.4, -0.2) is 20.6 Å². The van der Waals surface area contributed by atoms with Crippen molar-refractivity contribution in [2.45, 2.75) is 31.7 Å². The van der Waals surface area contributed by atoms with Crippen LogP contribution in [0.5, 0.6) is 0 Å². The minimum absolute atomic E-state index is 0.499. The van der Waals surface area contributed by atoms with Crippen molar-refractivity contribution in [2.24, 2.45) is 0 Å². The predicted molar refractivity (Wildman–Crippen MR) is 46.5 cm³/mol. The van der Waals surface area contributed by atoms with E-state index < -0.39 is 11.9 Å². The second-order valence-corrected chi connectivity index (χ2v) is 3.48. The van der Waals surface area contributed by atoms with Gasteiger partial charge in [0.2, 0.25) is 0 Å². The van der Waals surface area contributed by atoms with Gasteiger partial charge in [-0.05, 0) is 19.8 Å². The van der Waals surface area contributed by atoms with Crippen LogP contribution in [0.3, 0.4) is 0 Å². The van der Waals surface area contributed by atoms with E-state index >= 15 is 0 Å². The Balaban J connectivity index is 2.27. The first-order chi connectivity index (χ1) is 6.20. The maximum absolute atomic E-state index is 10.7. The summed E-state index contributed by atoms with van der Waals surface area (Å²) in [6, 6.07) is 0.499. The van der Waals surface area contributed by atoms with E-state index in [0.29, 0.717) is 11.9 Å². The molecule has 1 atom stereocenters. The van der Waals surface area contributed by atoms with Crippen LogP contribution in [0.1, 0.15) is 37.5 Å². The molecule has 1 aliphatic carbocycles. The van der Waals surface area contributed by atoms with Crippen molar-refractivity contribution >= 4 is 5.97 Å². The van der Waals surface area contributed by atoms with E-state index in [1.807, 2.05) is 10.8 Å². The summed E-state index contributed by atoms with van der Waals surface area (Å²) in [5.74, 6) is -0.640. The molecule has 1 N–H and O–H groups in total. The lowest BCUT2D eigenvalue weighted by atomic mass is 10.2. The van der Waals surface area contributed by atoms with Crippen LogP contribution in [0.25, 0.3) is 0 Å². The predicted octanol–water partition coefficient (Wildman–Crippen LogP) is 1.41. The number of aliphatic carboxylic acids is 1. The van der Waals surface area contributed by atoms with Gasteiger partial charge < -0.3 is 9.67 Å². The lowest BCUT2D eigenvalue weighted by Gasteiger charge is -2.08. The maximum atomic E-state index is 10.7. The van der Waals surface area contributed by atoms with Crippen molar-refractivity contribution in [3.8, 4) is 0 Å². The number of hydrogen-bond donors (Lipinski definition) is 1. The summed E-state index contributed by atoms with van der Waals surface area (Å²) in [7, 11) is 0. The molecule has 1 saturated carbocycles. The van der Waals surface area contributed by atoms with E-state index in [9.17, 15) is 4.79 Å². The lowest BCUT2D eigenvalue weighted by Crippen LogP contribution is -2.13. The highest BCUT2D eigenvalue weighted by Crippen LogP contribution is 2.36. The molecule has 1 unspecified atom stereocenters. The molecular formula is C9H12N2O2. The minimum atomic E-state index is -0.812. The quantitative estimate of drug-likeness (QED) is 0.765.